The minimum Gasteiger partial charge on any atom is -0.467 e. The standard InChI is InChI=1S/C29H34ClN3O5S/c1-28(2,3)38-27(36)33-15-19(14-29(33,4)26(35)37-5)32-10-6-7-17-11-18(30)12-22(24(17)32)21-8-9-31-23-13-20(16-34)39-25(21)23/h8-9,11-13,19,34H,6-7,10,14-16H2,1-5H3. The van der Waals surface area contributed by atoms with Crippen molar-refractivity contribution in [2.45, 2.75) is 70.7 Å². The Bertz CT molecular complexity index is 1430. The summed E-state index contributed by atoms with van der Waals surface area (Å²) in [6, 6.07) is 7.74. The number of carbonyl (C=O) groups excluding carboxylic acids is 2. The number of halogens is 1. The van der Waals surface area contributed by atoms with Gasteiger partial charge in [-0.25, -0.2) is 9.59 Å². The Labute approximate surface area is 237 Å². The van der Waals surface area contributed by atoms with E-state index in [9.17, 15) is 14.7 Å². The van der Waals surface area contributed by atoms with Gasteiger partial charge in [0.05, 0.1) is 23.9 Å². The first-order valence-electron chi connectivity index (χ1n) is 13.1. The molecule has 0 radical (unpaired) electrons. The summed E-state index contributed by atoms with van der Waals surface area (Å²) >= 11 is 8.17. The monoisotopic (exact) mass is 571 g/mol. The molecule has 1 amide bonds. The van der Waals surface area contributed by atoms with E-state index >= 15 is 0 Å². The third-order valence-corrected chi connectivity index (χ3v) is 8.86. The Morgan fingerprint density at radius 3 is 2.72 bits per heavy atom. The zero-order valence-electron chi connectivity index (χ0n) is 22.9. The third-order valence-electron chi connectivity index (χ3n) is 7.50. The highest BCUT2D eigenvalue weighted by Gasteiger charge is 2.54. The lowest BCUT2D eigenvalue weighted by Crippen LogP contribution is -2.52. The number of benzene rings is 1. The maximum atomic E-state index is 13.3. The number of hydrogen-bond donors (Lipinski definition) is 1. The molecule has 208 valence electrons. The number of aliphatic hydroxyl groups excluding tert-OH is 1. The topological polar surface area (TPSA) is 92.2 Å². The SMILES string of the molecule is COC(=O)C1(C)CC(N2CCCc3cc(Cl)cc(-c4ccnc5cc(CO)sc45)c32)CN1C(=O)OC(C)(C)C. The largest absolute Gasteiger partial charge is 0.467 e. The number of rotatable bonds is 4. The molecule has 39 heavy (non-hydrogen) atoms. The van der Waals surface area contributed by atoms with Gasteiger partial charge in [-0.15, -0.1) is 11.3 Å². The third kappa shape index (κ3) is 5.08. The zero-order valence-corrected chi connectivity index (χ0v) is 24.5. The molecule has 1 aromatic carbocycles. The van der Waals surface area contributed by atoms with Crippen molar-refractivity contribution in [3.8, 4) is 11.1 Å². The van der Waals surface area contributed by atoms with Crippen LogP contribution in [0.5, 0.6) is 0 Å². The number of carbonyl (C=O) groups is 2. The molecule has 4 heterocycles. The number of fused-ring (bicyclic) bond motifs is 2. The van der Waals surface area contributed by atoms with Gasteiger partial charge in [0.15, 0.2) is 0 Å². The van der Waals surface area contributed by atoms with Crippen LogP contribution < -0.4 is 4.90 Å². The minimum atomic E-state index is -1.17. The van der Waals surface area contributed by atoms with Crippen molar-refractivity contribution in [3.63, 3.8) is 0 Å². The Morgan fingerprint density at radius 1 is 1.26 bits per heavy atom. The molecule has 0 spiro atoms. The second-order valence-electron chi connectivity index (χ2n) is 11.4. The Hall–Kier alpha value is -2.88. The number of esters is 1. The molecule has 2 atom stereocenters. The lowest BCUT2D eigenvalue weighted by molar-refractivity contribution is -0.152. The van der Waals surface area contributed by atoms with Crippen LogP contribution in [-0.4, -0.2) is 64.4 Å². The van der Waals surface area contributed by atoms with E-state index in [4.69, 9.17) is 21.1 Å². The Balaban J connectivity index is 1.61. The fourth-order valence-corrected chi connectivity index (χ4v) is 7.09. The van der Waals surface area contributed by atoms with E-state index in [0.717, 1.165) is 56.9 Å². The number of likely N-dealkylation sites (tertiary alicyclic amines) is 1. The van der Waals surface area contributed by atoms with Gasteiger partial charge in [0.2, 0.25) is 0 Å². The normalized spacial score (nSPS) is 21.3. The van der Waals surface area contributed by atoms with Gasteiger partial charge in [-0.2, -0.15) is 0 Å². The van der Waals surface area contributed by atoms with Crippen molar-refractivity contribution in [2.75, 3.05) is 25.1 Å². The molecule has 2 aliphatic heterocycles. The molecule has 8 nitrogen and oxygen atoms in total. The molecule has 10 heteroatoms. The number of methoxy groups -OCH3 is 1. The van der Waals surface area contributed by atoms with E-state index in [-0.39, 0.29) is 12.6 Å². The molecule has 1 saturated heterocycles. The summed E-state index contributed by atoms with van der Waals surface area (Å²) in [5, 5.41) is 10.4. The van der Waals surface area contributed by atoms with E-state index < -0.39 is 23.2 Å². The van der Waals surface area contributed by atoms with Crippen LogP contribution in [0, 0.1) is 0 Å². The molecule has 5 rings (SSSR count). The predicted molar refractivity (Wildman–Crippen MR) is 153 cm³/mol. The van der Waals surface area contributed by atoms with Crippen molar-refractivity contribution in [3.05, 3.63) is 45.9 Å². The first-order chi connectivity index (χ1) is 18.4. The van der Waals surface area contributed by atoms with Crippen LogP contribution in [0.2, 0.25) is 5.02 Å². The van der Waals surface area contributed by atoms with Gasteiger partial charge in [-0.05, 0) is 70.4 Å². The van der Waals surface area contributed by atoms with Crippen LogP contribution in [0.3, 0.4) is 0 Å². The average molecular weight is 572 g/mol. The highest BCUT2D eigenvalue weighted by Crippen LogP contribution is 2.46. The number of ether oxygens (including phenoxy) is 2. The number of aryl methyl sites for hydroxylation is 1. The molecule has 0 saturated carbocycles. The number of aromatic nitrogens is 1. The van der Waals surface area contributed by atoms with Crippen LogP contribution in [0.4, 0.5) is 10.5 Å². The molecule has 2 aromatic heterocycles. The number of hydrogen-bond acceptors (Lipinski definition) is 8. The first-order valence-corrected chi connectivity index (χ1v) is 14.3. The van der Waals surface area contributed by atoms with Crippen molar-refractivity contribution in [1.29, 1.82) is 0 Å². The van der Waals surface area contributed by atoms with Gasteiger partial charge < -0.3 is 19.5 Å². The number of amides is 1. The molecule has 2 unspecified atom stereocenters. The molecule has 0 bridgehead atoms. The maximum Gasteiger partial charge on any atom is 0.411 e. The molecule has 1 N–H and O–H groups in total. The number of anilines is 1. The second kappa shape index (κ2) is 10.3. The molecule has 1 fully saturated rings. The van der Waals surface area contributed by atoms with E-state index in [2.05, 4.69) is 9.88 Å². The lowest BCUT2D eigenvalue weighted by Gasteiger charge is -2.38. The summed E-state index contributed by atoms with van der Waals surface area (Å²) in [5.74, 6) is -0.463. The lowest BCUT2D eigenvalue weighted by atomic mass is 9.91. The summed E-state index contributed by atoms with van der Waals surface area (Å²) in [6.07, 6.45) is 3.44. The van der Waals surface area contributed by atoms with Crippen LogP contribution in [0.1, 0.15) is 51.0 Å². The fraction of sp³-hybridized carbons (Fsp3) is 0.483. The average Bonchev–Trinajstić information content (AvgIpc) is 3.48. The van der Waals surface area contributed by atoms with Crippen molar-refractivity contribution >= 4 is 50.9 Å². The van der Waals surface area contributed by atoms with E-state index in [1.807, 2.05) is 45.0 Å². The van der Waals surface area contributed by atoms with Gasteiger partial charge in [-0.1, -0.05) is 11.6 Å². The van der Waals surface area contributed by atoms with Crippen LogP contribution in [0.15, 0.2) is 30.5 Å². The van der Waals surface area contributed by atoms with Gasteiger partial charge in [0, 0.05) is 58.5 Å². The summed E-state index contributed by atoms with van der Waals surface area (Å²) in [5.41, 5.74) is 3.12. The summed E-state index contributed by atoms with van der Waals surface area (Å²) in [7, 11) is 1.35. The van der Waals surface area contributed by atoms with E-state index in [0.29, 0.717) is 18.0 Å². The highest BCUT2D eigenvalue weighted by atomic mass is 35.5. The maximum absolute atomic E-state index is 13.3. The number of pyridine rings is 1. The van der Waals surface area contributed by atoms with E-state index in [1.54, 1.807) is 13.1 Å². The summed E-state index contributed by atoms with van der Waals surface area (Å²) < 4.78 is 11.9. The van der Waals surface area contributed by atoms with Crippen LogP contribution >= 0.6 is 22.9 Å². The number of thiophene rings is 1. The van der Waals surface area contributed by atoms with E-state index in [1.165, 1.54) is 23.3 Å². The first kappa shape index (κ1) is 27.7. The number of nitrogens with zero attached hydrogens (tertiary/aromatic N) is 3. The molecule has 3 aromatic rings. The van der Waals surface area contributed by atoms with Gasteiger partial charge in [0.25, 0.3) is 0 Å². The molecule has 0 aliphatic carbocycles. The van der Waals surface area contributed by atoms with Gasteiger partial charge in [0.1, 0.15) is 11.1 Å². The van der Waals surface area contributed by atoms with Crippen LogP contribution in [-0.2, 0) is 27.3 Å². The minimum absolute atomic E-state index is 0.0467. The summed E-state index contributed by atoms with van der Waals surface area (Å²) in [4.78, 5) is 35.6. The Morgan fingerprint density at radius 2 is 2.03 bits per heavy atom. The highest BCUT2D eigenvalue weighted by molar-refractivity contribution is 7.19. The van der Waals surface area contributed by atoms with Crippen LogP contribution in [0.25, 0.3) is 21.3 Å². The van der Waals surface area contributed by atoms with Gasteiger partial charge in [-0.3, -0.25) is 9.88 Å². The Kier molecular flexibility index (Phi) is 7.28. The number of aliphatic hydroxyl groups is 1. The second-order valence-corrected chi connectivity index (χ2v) is 13.0. The summed E-state index contributed by atoms with van der Waals surface area (Å²) in [6.45, 7) is 8.24. The quantitative estimate of drug-likeness (QED) is 0.395. The molecule has 2 aliphatic rings. The molecular formula is C29H34ClN3O5S. The van der Waals surface area contributed by atoms with Crippen molar-refractivity contribution in [1.82, 2.24) is 9.88 Å². The molecular weight excluding hydrogens is 538 g/mol. The predicted octanol–water partition coefficient (Wildman–Crippen LogP) is 5.80. The zero-order chi connectivity index (χ0) is 28.1. The van der Waals surface area contributed by atoms with Crippen molar-refractivity contribution in [2.24, 2.45) is 0 Å². The fourth-order valence-electron chi connectivity index (χ4n) is 5.85. The van der Waals surface area contributed by atoms with Crippen molar-refractivity contribution < 1.29 is 24.2 Å². The van der Waals surface area contributed by atoms with Gasteiger partial charge >= 0.3 is 12.1 Å². The smallest absolute Gasteiger partial charge is 0.411 e.